The van der Waals surface area contributed by atoms with Crippen LogP contribution >= 0.6 is 22.7 Å². The fraction of sp³-hybridized carbons (Fsp3) is 0.105. The summed E-state index contributed by atoms with van der Waals surface area (Å²) in [5.74, 6) is -0.451. The largest absolute Gasteiger partial charge is 0.283 e. The molecule has 1 amide bonds. The van der Waals surface area contributed by atoms with Crippen molar-refractivity contribution >= 4 is 43.9 Å². The number of hydrogen-bond donors (Lipinski definition) is 0. The smallest absolute Gasteiger partial charge is 0.234 e. The number of fused-ring (bicyclic) bond motifs is 1. The lowest BCUT2D eigenvalue weighted by atomic mass is 10.2. The molecule has 1 aromatic carbocycles. The Bertz CT molecular complexity index is 1030. The van der Waals surface area contributed by atoms with Gasteiger partial charge in [-0.2, -0.15) is 0 Å². The highest BCUT2D eigenvalue weighted by Crippen LogP contribution is 2.31. The Labute approximate surface area is 157 Å². The van der Waals surface area contributed by atoms with Gasteiger partial charge in [0.15, 0.2) is 5.13 Å². The third-order valence-electron chi connectivity index (χ3n) is 3.86. The zero-order valence-corrected chi connectivity index (χ0v) is 15.3. The van der Waals surface area contributed by atoms with Gasteiger partial charge in [0.2, 0.25) is 5.91 Å². The highest BCUT2D eigenvalue weighted by molar-refractivity contribution is 7.22. The summed E-state index contributed by atoms with van der Waals surface area (Å²) in [7, 11) is 0. The molecule has 3 heterocycles. The number of thiophene rings is 1. The average Bonchev–Trinajstić information content (AvgIpc) is 3.30. The van der Waals surface area contributed by atoms with Gasteiger partial charge in [-0.1, -0.05) is 29.5 Å². The number of para-hydroxylation sites is 1. The number of pyridine rings is 1. The standard InChI is InChI=1S/C19H14FN3OS2/c20-15-6-1-7-16-18(15)22-19(26-16)23(12-13-4-2-8-21-11-13)17(24)10-14-5-3-9-25-14/h1-9,11H,10,12H2. The highest BCUT2D eigenvalue weighted by Gasteiger charge is 2.21. The number of amides is 1. The number of benzene rings is 1. The van der Waals surface area contributed by atoms with Crippen LogP contribution in [0.15, 0.2) is 60.2 Å². The lowest BCUT2D eigenvalue weighted by Gasteiger charge is -2.19. The number of carbonyl (C=O) groups is 1. The monoisotopic (exact) mass is 383 g/mol. The van der Waals surface area contributed by atoms with Crippen molar-refractivity contribution in [2.24, 2.45) is 0 Å². The third-order valence-corrected chi connectivity index (χ3v) is 5.78. The number of carbonyl (C=O) groups excluding carboxylic acids is 1. The summed E-state index contributed by atoms with van der Waals surface area (Å²) in [6.45, 7) is 0.347. The maximum Gasteiger partial charge on any atom is 0.234 e. The molecule has 0 fully saturated rings. The van der Waals surface area contributed by atoms with Crippen LogP contribution in [0.2, 0.25) is 0 Å². The molecule has 0 aliphatic rings. The van der Waals surface area contributed by atoms with Gasteiger partial charge in [-0.05, 0) is 35.2 Å². The summed E-state index contributed by atoms with van der Waals surface area (Å²) < 4.78 is 14.8. The van der Waals surface area contributed by atoms with E-state index in [1.165, 1.54) is 17.4 Å². The molecule has 0 radical (unpaired) electrons. The number of aromatic nitrogens is 2. The number of hydrogen-bond acceptors (Lipinski definition) is 5. The van der Waals surface area contributed by atoms with Crippen molar-refractivity contribution in [2.45, 2.75) is 13.0 Å². The van der Waals surface area contributed by atoms with Gasteiger partial charge in [0.25, 0.3) is 0 Å². The van der Waals surface area contributed by atoms with Crippen LogP contribution < -0.4 is 4.90 Å². The van der Waals surface area contributed by atoms with E-state index in [1.54, 1.807) is 34.7 Å². The van der Waals surface area contributed by atoms with Crippen molar-refractivity contribution < 1.29 is 9.18 Å². The zero-order chi connectivity index (χ0) is 17.9. The molecule has 0 spiro atoms. The van der Waals surface area contributed by atoms with Gasteiger partial charge >= 0.3 is 0 Å². The van der Waals surface area contributed by atoms with Gasteiger partial charge < -0.3 is 0 Å². The summed E-state index contributed by atoms with van der Waals surface area (Å²) in [6, 6.07) is 12.4. The first-order valence-corrected chi connectivity index (χ1v) is 9.67. The molecular formula is C19H14FN3OS2. The van der Waals surface area contributed by atoms with Crippen LogP contribution in [-0.4, -0.2) is 15.9 Å². The van der Waals surface area contributed by atoms with E-state index in [0.717, 1.165) is 15.1 Å². The van der Waals surface area contributed by atoms with Gasteiger partial charge in [0.1, 0.15) is 11.3 Å². The summed E-state index contributed by atoms with van der Waals surface area (Å²) in [5.41, 5.74) is 1.19. The molecule has 0 bridgehead atoms. The number of rotatable bonds is 5. The minimum atomic E-state index is -0.378. The fourth-order valence-corrected chi connectivity index (χ4v) is 4.31. The van der Waals surface area contributed by atoms with Crippen LogP contribution in [0.4, 0.5) is 9.52 Å². The van der Waals surface area contributed by atoms with E-state index >= 15 is 0 Å². The first-order valence-electron chi connectivity index (χ1n) is 7.97. The van der Waals surface area contributed by atoms with E-state index < -0.39 is 0 Å². The summed E-state index contributed by atoms with van der Waals surface area (Å²) in [5, 5.41) is 2.44. The van der Waals surface area contributed by atoms with Crippen molar-refractivity contribution in [2.75, 3.05) is 4.90 Å². The Hall–Kier alpha value is -2.64. The zero-order valence-electron chi connectivity index (χ0n) is 13.6. The first kappa shape index (κ1) is 16.8. The molecular weight excluding hydrogens is 369 g/mol. The molecule has 0 N–H and O–H groups in total. The normalized spacial score (nSPS) is 11.0. The Morgan fingerprint density at radius 3 is 2.81 bits per heavy atom. The van der Waals surface area contributed by atoms with Gasteiger partial charge in [0, 0.05) is 17.3 Å². The second kappa shape index (κ2) is 7.31. The van der Waals surface area contributed by atoms with E-state index in [1.807, 2.05) is 35.7 Å². The predicted octanol–water partition coefficient (Wildman–Crippen LogP) is 4.67. The molecule has 130 valence electrons. The molecule has 4 aromatic rings. The highest BCUT2D eigenvalue weighted by atomic mass is 32.1. The molecule has 0 atom stereocenters. The van der Waals surface area contributed by atoms with Crippen molar-refractivity contribution in [3.63, 3.8) is 0 Å². The van der Waals surface area contributed by atoms with Crippen LogP contribution in [0.3, 0.4) is 0 Å². The lowest BCUT2D eigenvalue weighted by molar-refractivity contribution is -0.118. The van der Waals surface area contributed by atoms with Crippen LogP contribution in [0.5, 0.6) is 0 Å². The SMILES string of the molecule is O=C(Cc1cccs1)N(Cc1cccnc1)c1nc2c(F)cccc2s1. The van der Waals surface area contributed by atoms with Crippen LogP contribution in [-0.2, 0) is 17.8 Å². The van der Waals surface area contributed by atoms with Crippen molar-refractivity contribution in [3.05, 3.63) is 76.5 Å². The minimum absolute atomic E-state index is 0.0734. The van der Waals surface area contributed by atoms with Crippen molar-refractivity contribution in [1.29, 1.82) is 0 Å². The van der Waals surface area contributed by atoms with E-state index in [2.05, 4.69) is 9.97 Å². The maximum absolute atomic E-state index is 14.0. The number of anilines is 1. The van der Waals surface area contributed by atoms with Crippen LogP contribution in [0.1, 0.15) is 10.4 Å². The second-order valence-electron chi connectivity index (χ2n) is 5.68. The molecule has 26 heavy (non-hydrogen) atoms. The molecule has 7 heteroatoms. The third kappa shape index (κ3) is 3.49. The van der Waals surface area contributed by atoms with Gasteiger partial charge in [0.05, 0.1) is 17.7 Å². The number of thiazole rings is 1. The Balaban J connectivity index is 1.70. The minimum Gasteiger partial charge on any atom is -0.283 e. The Morgan fingerprint density at radius 2 is 2.08 bits per heavy atom. The number of halogens is 1. The molecule has 0 saturated heterocycles. The summed E-state index contributed by atoms with van der Waals surface area (Å²) >= 11 is 2.86. The van der Waals surface area contributed by atoms with Gasteiger partial charge in [-0.25, -0.2) is 9.37 Å². The first-order chi connectivity index (χ1) is 12.7. The molecule has 0 aliphatic heterocycles. The van der Waals surface area contributed by atoms with E-state index in [-0.39, 0.29) is 18.1 Å². The van der Waals surface area contributed by atoms with E-state index in [4.69, 9.17) is 0 Å². The predicted molar refractivity (Wildman–Crippen MR) is 103 cm³/mol. The van der Waals surface area contributed by atoms with Crippen molar-refractivity contribution in [3.8, 4) is 0 Å². The Kier molecular flexibility index (Phi) is 4.73. The second-order valence-corrected chi connectivity index (χ2v) is 7.72. The molecule has 4 rings (SSSR count). The van der Waals surface area contributed by atoms with Gasteiger partial charge in [-0.15, -0.1) is 11.3 Å². The fourth-order valence-electron chi connectivity index (χ4n) is 2.61. The maximum atomic E-state index is 14.0. The molecule has 0 aliphatic carbocycles. The molecule has 0 saturated carbocycles. The lowest BCUT2D eigenvalue weighted by Crippen LogP contribution is -2.31. The summed E-state index contributed by atoms with van der Waals surface area (Å²) in [4.78, 5) is 24.1. The van der Waals surface area contributed by atoms with Crippen LogP contribution in [0, 0.1) is 5.82 Å². The molecule has 3 aromatic heterocycles. The topological polar surface area (TPSA) is 46.1 Å². The van der Waals surface area contributed by atoms with Gasteiger partial charge in [-0.3, -0.25) is 14.7 Å². The average molecular weight is 383 g/mol. The van der Waals surface area contributed by atoms with Crippen molar-refractivity contribution in [1.82, 2.24) is 9.97 Å². The quantitative estimate of drug-likeness (QED) is 0.503. The van der Waals surface area contributed by atoms with Crippen LogP contribution in [0.25, 0.3) is 10.2 Å². The number of nitrogens with zero attached hydrogens (tertiary/aromatic N) is 3. The Morgan fingerprint density at radius 1 is 1.15 bits per heavy atom. The molecule has 0 unspecified atom stereocenters. The summed E-state index contributed by atoms with van der Waals surface area (Å²) in [6.07, 6.45) is 3.70. The molecule has 4 nitrogen and oxygen atoms in total. The van der Waals surface area contributed by atoms with E-state index in [9.17, 15) is 9.18 Å². The van der Waals surface area contributed by atoms with E-state index in [0.29, 0.717) is 17.2 Å².